The lowest BCUT2D eigenvalue weighted by atomic mass is 9.92. The van der Waals surface area contributed by atoms with E-state index in [-0.39, 0.29) is 29.5 Å². The average Bonchev–Trinajstić information content (AvgIpc) is 2.35. The van der Waals surface area contributed by atoms with Crippen LogP contribution in [0.3, 0.4) is 0 Å². The minimum Gasteiger partial charge on any atom is -0.396 e. The van der Waals surface area contributed by atoms with Crippen LogP contribution in [0.25, 0.3) is 0 Å². The standard InChI is InChI=1S/C15H24N2O2/c1-15(2,3)10-12(11-16)14(19)17-8-5-4-6-13(17)7-9-18/h10,13,18H,4-9H2,1-3H3/t13-/m0/s1. The zero-order chi connectivity index (χ0) is 14.5. The van der Waals surface area contributed by atoms with E-state index in [0.29, 0.717) is 13.0 Å². The number of amides is 1. The second-order valence-corrected chi connectivity index (χ2v) is 6.20. The number of likely N-dealkylation sites (tertiary alicyclic amines) is 1. The van der Waals surface area contributed by atoms with Gasteiger partial charge in [0.1, 0.15) is 11.6 Å². The van der Waals surface area contributed by atoms with Crippen molar-refractivity contribution in [3.05, 3.63) is 11.6 Å². The van der Waals surface area contributed by atoms with E-state index >= 15 is 0 Å². The highest BCUT2D eigenvalue weighted by molar-refractivity contribution is 5.97. The van der Waals surface area contributed by atoms with Crippen LogP contribution in [0.5, 0.6) is 0 Å². The Hall–Kier alpha value is -1.34. The molecule has 0 aromatic rings. The van der Waals surface area contributed by atoms with Crippen LogP contribution in [0.1, 0.15) is 46.5 Å². The molecule has 106 valence electrons. The highest BCUT2D eigenvalue weighted by Crippen LogP contribution is 2.24. The van der Waals surface area contributed by atoms with Gasteiger partial charge in [-0.3, -0.25) is 4.79 Å². The van der Waals surface area contributed by atoms with Crippen LogP contribution in [0.15, 0.2) is 11.6 Å². The fourth-order valence-corrected chi connectivity index (χ4v) is 2.45. The fourth-order valence-electron chi connectivity index (χ4n) is 2.45. The van der Waals surface area contributed by atoms with E-state index in [1.165, 1.54) is 0 Å². The Morgan fingerprint density at radius 3 is 2.68 bits per heavy atom. The summed E-state index contributed by atoms with van der Waals surface area (Å²) in [4.78, 5) is 14.2. The van der Waals surface area contributed by atoms with Crippen molar-refractivity contribution in [2.45, 2.75) is 52.5 Å². The largest absolute Gasteiger partial charge is 0.396 e. The van der Waals surface area contributed by atoms with Gasteiger partial charge in [0.2, 0.25) is 0 Å². The highest BCUT2D eigenvalue weighted by Gasteiger charge is 2.28. The molecule has 0 bridgehead atoms. The summed E-state index contributed by atoms with van der Waals surface area (Å²) in [6, 6.07) is 2.10. The SMILES string of the molecule is CC(C)(C)C=C(C#N)C(=O)N1CCCC[C@H]1CCO. The third-order valence-electron chi connectivity index (χ3n) is 3.28. The van der Waals surface area contributed by atoms with Crippen LogP contribution in [-0.4, -0.2) is 35.1 Å². The summed E-state index contributed by atoms with van der Waals surface area (Å²) in [7, 11) is 0. The molecule has 1 N–H and O–H groups in total. The van der Waals surface area contributed by atoms with Crippen LogP contribution in [0.4, 0.5) is 0 Å². The molecule has 0 unspecified atom stereocenters. The molecule has 4 heteroatoms. The first-order valence-electron chi connectivity index (χ1n) is 6.94. The molecule has 1 aliphatic heterocycles. The maximum atomic E-state index is 12.4. The van der Waals surface area contributed by atoms with Gasteiger partial charge in [0, 0.05) is 19.2 Å². The zero-order valence-corrected chi connectivity index (χ0v) is 12.1. The first kappa shape index (κ1) is 15.7. The molecule has 1 amide bonds. The topological polar surface area (TPSA) is 64.3 Å². The summed E-state index contributed by atoms with van der Waals surface area (Å²) in [5, 5.41) is 18.3. The Morgan fingerprint density at radius 2 is 2.16 bits per heavy atom. The monoisotopic (exact) mass is 264 g/mol. The molecule has 0 saturated carbocycles. The molecule has 0 aliphatic carbocycles. The smallest absolute Gasteiger partial charge is 0.264 e. The van der Waals surface area contributed by atoms with E-state index in [9.17, 15) is 10.1 Å². The molecule has 0 spiro atoms. The van der Waals surface area contributed by atoms with Gasteiger partial charge in [0.15, 0.2) is 0 Å². The number of rotatable bonds is 3. The van der Waals surface area contributed by atoms with Crippen molar-refractivity contribution in [3.8, 4) is 6.07 Å². The van der Waals surface area contributed by atoms with Crippen molar-refractivity contribution < 1.29 is 9.90 Å². The predicted octanol–water partition coefficient (Wildman–Crippen LogP) is 2.25. The van der Waals surface area contributed by atoms with Crippen molar-refractivity contribution in [2.75, 3.05) is 13.2 Å². The fraction of sp³-hybridized carbons (Fsp3) is 0.733. The van der Waals surface area contributed by atoms with Gasteiger partial charge in [0.05, 0.1) is 0 Å². The lowest BCUT2D eigenvalue weighted by molar-refractivity contribution is -0.130. The minimum atomic E-state index is -0.191. The zero-order valence-electron chi connectivity index (χ0n) is 12.1. The molecule has 0 aromatic heterocycles. The number of aliphatic hydroxyl groups excluding tert-OH is 1. The van der Waals surface area contributed by atoms with E-state index in [0.717, 1.165) is 19.3 Å². The number of piperidine rings is 1. The number of hydrogen-bond donors (Lipinski definition) is 1. The molecule has 1 saturated heterocycles. The van der Waals surface area contributed by atoms with Gasteiger partial charge in [-0.05, 0) is 31.1 Å². The van der Waals surface area contributed by atoms with E-state index in [1.54, 1.807) is 11.0 Å². The van der Waals surface area contributed by atoms with Gasteiger partial charge in [-0.2, -0.15) is 5.26 Å². The molecular weight excluding hydrogens is 240 g/mol. The van der Waals surface area contributed by atoms with Gasteiger partial charge < -0.3 is 10.0 Å². The Kier molecular flexibility index (Phi) is 5.56. The second-order valence-electron chi connectivity index (χ2n) is 6.20. The number of hydrogen-bond acceptors (Lipinski definition) is 3. The summed E-state index contributed by atoms with van der Waals surface area (Å²) in [6.07, 6.45) is 5.31. The van der Waals surface area contributed by atoms with Crippen LogP contribution >= 0.6 is 0 Å². The van der Waals surface area contributed by atoms with Crippen molar-refractivity contribution in [1.82, 2.24) is 4.90 Å². The number of carbonyl (C=O) groups excluding carboxylic acids is 1. The van der Waals surface area contributed by atoms with Crippen LogP contribution in [0.2, 0.25) is 0 Å². The molecule has 1 rings (SSSR count). The number of allylic oxidation sites excluding steroid dienone is 1. The van der Waals surface area contributed by atoms with Gasteiger partial charge in [-0.1, -0.05) is 26.8 Å². The molecule has 4 nitrogen and oxygen atoms in total. The van der Waals surface area contributed by atoms with Gasteiger partial charge in [-0.25, -0.2) is 0 Å². The molecule has 1 atom stereocenters. The molecule has 19 heavy (non-hydrogen) atoms. The first-order valence-corrected chi connectivity index (χ1v) is 6.94. The van der Waals surface area contributed by atoms with E-state index in [4.69, 9.17) is 5.11 Å². The second kappa shape index (κ2) is 6.72. The van der Waals surface area contributed by atoms with Crippen LogP contribution in [0, 0.1) is 16.7 Å². The predicted molar refractivity (Wildman–Crippen MR) is 74.2 cm³/mol. The lowest BCUT2D eigenvalue weighted by Crippen LogP contribution is -2.44. The quantitative estimate of drug-likeness (QED) is 0.628. The Morgan fingerprint density at radius 1 is 1.47 bits per heavy atom. The Balaban J connectivity index is 2.90. The lowest BCUT2D eigenvalue weighted by Gasteiger charge is -2.35. The average molecular weight is 264 g/mol. The molecule has 1 aliphatic rings. The molecule has 1 fully saturated rings. The van der Waals surface area contributed by atoms with Crippen molar-refractivity contribution >= 4 is 5.91 Å². The van der Waals surface area contributed by atoms with Crippen LogP contribution in [-0.2, 0) is 4.79 Å². The summed E-state index contributed by atoms with van der Waals surface area (Å²) in [5.41, 5.74) is 0.0283. The molecule has 0 aromatic carbocycles. The maximum absolute atomic E-state index is 12.4. The summed E-state index contributed by atoms with van der Waals surface area (Å²) in [6.45, 7) is 6.68. The third-order valence-corrected chi connectivity index (χ3v) is 3.28. The van der Waals surface area contributed by atoms with E-state index in [1.807, 2.05) is 26.8 Å². The molecular formula is C15H24N2O2. The normalized spacial score (nSPS) is 21.1. The van der Waals surface area contributed by atoms with Crippen molar-refractivity contribution in [1.29, 1.82) is 5.26 Å². The van der Waals surface area contributed by atoms with Crippen molar-refractivity contribution in [3.63, 3.8) is 0 Å². The summed E-state index contributed by atoms with van der Waals surface area (Å²) >= 11 is 0. The number of nitrogens with zero attached hydrogens (tertiary/aromatic N) is 2. The Bertz CT molecular complexity index is 386. The van der Waals surface area contributed by atoms with Gasteiger partial charge >= 0.3 is 0 Å². The van der Waals surface area contributed by atoms with E-state index < -0.39 is 0 Å². The number of carbonyl (C=O) groups is 1. The maximum Gasteiger partial charge on any atom is 0.264 e. The number of nitriles is 1. The van der Waals surface area contributed by atoms with Gasteiger partial charge in [0.25, 0.3) is 5.91 Å². The molecule has 1 heterocycles. The Labute approximate surface area is 115 Å². The van der Waals surface area contributed by atoms with Crippen molar-refractivity contribution in [2.24, 2.45) is 5.41 Å². The third kappa shape index (κ3) is 4.68. The highest BCUT2D eigenvalue weighted by atomic mass is 16.3. The summed E-state index contributed by atoms with van der Waals surface area (Å²) in [5.74, 6) is -0.185. The van der Waals surface area contributed by atoms with E-state index in [2.05, 4.69) is 0 Å². The van der Waals surface area contributed by atoms with Gasteiger partial charge in [-0.15, -0.1) is 0 Å². The summed E-state index contributed by atoms with van der Waals surface area (Å²) < 4.78 is 0. The minimum absolute atomic E-state index is 0.0722. The van der Waals surface area contributed by atoms with Crippen LogP contribution < -0.4 is 0 Å². The first-order chi connectivity index (χ1) is 8.89. The molecule has 0 radical (unpaired) electrons. The number of aliphatic hydroxyl groups is 1.